The van der Waals surface area contributed by atoms with Gasteiger partial charge < -0.3 is 15.0 Å². The summed E-state index contributed by atoms with van der Waals surface area (Å²) < 4.78 is 19.0. The molecule has 0 bridgehead atoms. The van der Waals surface area contributed by atoms with Crippen LogP contribution in [0.4, 0.5) is 4.39 Å². The number of amides is 2. The fraction of sp³-hybridized carbons (Fsp3) is 0.320. The molecule has 1 aromatic heterocycles. The van der Waals surface area contributed by atoms with E-state index in [4.69, 9.17) is 4.74 Å². The predicted molar refractivity (Wildman–Crippen MR) is 123 cm³/mol. The lowest BCUT2D eigenvalue weighted by atomic mass is 10.0. The molecule has 1 saturated heterocycles. The Morgan fingerprint density at radius 2 is 2.12 bits per heavy atom. The predicted octanol–water partition coefficient (Wildman–Crippen LogP) is 2.73. The van der Waals surface area contributed by atoms with Gasteiger partial charge in [-0.15, -0.1) is 0 Å². The molecule has 4 rings (SSSR count). The first-order valence-electron chi connectivity index (χ1n) is 10.9. The maximum absolute atomic E-state index is 13.6. The van der Waals surface area contributed by atoms with Crippen molar-refractivity contribution in [3.8, 4) is 5.75 Å². The molecule has 0 aliphatic carbocycles. The van der Waals surface area contributed by atoms with Crippen molar-refractivity contribution in [2.75, 3.05) is 27.2 Å². The van der Waals surface area contributed by atoms with Crippen LogP contribution in [0, 0.1) is 5.82 Å². The molecule has 7 nitrogen and oxygen atoms in total. The van der Waals surface area contributed by atoms with E-state index in [2.05, 4.69) is 10.3 Å². The molecule has 172 valence electrons. The Hall–Kier alpha value is -3.52. The third-order valence-electron chi connectivity index (χ3n) is 5.96. The van der Waals surface area contributed by atoms with Crippen LogP contribution < -0.4 is 10.1 Å². The Morgan fingerprint density at radius 1 is 1.27 bits per heavy atom. The van der Waals surface area contributed by atoms with E-state index in [0.717, 1.165) is 22.0 Å². The maximum atomic E-state index is 13.6. The molecule has 2 aromatic carbocycles. The van der Waals surface area contributed by atoms with Gasteiger partial charge in [0.25, 0.3) is 0 Å². The number of nitrogens with zero attached hydrogens (tertiary/aromatic N) is 3. The quantitative estimate of drug-likeness (QED) is 0.599. The lowest BCUT2D eigenvalue weighted by Crippen LogP contribution is -2.56. The monoisotopic (exact) mass is 450 g/mol. The number of piperazine rings is 1. The van der Waals surface area contributed by atoms with Crippen LogP contribution in [0.2, 0.25) is 0 Å². The van der Waals surface area contributed by atoms with Crippen LogP contribution in [-0.4, -0.2) is 59.9 Å². The first-order chi connectivity index (χ1) is 16.0. The van der Waals surface area contributed by atoms with E-state index in [1.54, 1.807) is 31.3 Å². The molecule has 0 spiro atoms. The highest BCUT2D eigenvalue weighted by atomic mass is 19.1. The number of carbonyl (C=O) groups is 2. The third-order valence-corrected chi connectivity index (χ3v) is 5.96. The summed E-state index contributed by atoms with van der Waals surface area (Å²) in [7, 11) is 3.33. The largest absolute Gasteiger partial charge is 0.494 e. The zero-order valence-corrected chi connectivity index (χ0v) is 18.8. The molecular formula is C25H27FN4O3. The van der Waals surface area contributed by atoms with E-state index in [0.29, 0.717) is 31.9 Å². The minimum absolute atomic E-state index is 0.0456. The summed E-state index contributed by atoms with van der Waals surface area (Å²) in [5.41, 5.74) is 2.46. The number of benzene rings is 2. The first kappa shape index (κ1) is 22.7. The molecule has 0 unspecified atom stereocenters. The molecule has 1 aliphatic rings. The van der Waals surface area contributed by atoms with Crippen LogP contribution in [0.25, 0.3) is 10.9 Å². The molecule has 33 heavy (non-hydrogen) atoms. The van der Waals surface area contributed by atoms with Crippen LogP contribution in [0.1, 0.15) is 17.5 Å². The highest BCUT2D eigenvalue weighted by Gasteiger charge is 2.32. The van der Waals surface area contributed by atoms with Crippen molar-refractivity contribution in [1.29, 1.82) is 0 Å². The van der Waals surface area contributed by atoms with Crippen molar-refractivity contribution in [1.82, 2.24) is 20.1 Å². The molecule has 1 aliphatic heterocycles. The molecule has 1 atom stereocenters. The van der Waals surface area contributed by atoms with Gasteiger partial charge in [0, 0.05) is 44.8 Å². The molecule has 2 heterocycles. The number of hydrogen-bond donors (Lipinski definition) is 1. The van der Waals surface area contributed by atoms with Gasteiger partial charge in [-0.3, -0.25) is 19.5 Å². The summed E-state index contributed by atoms with van der Waals surface area (Å²) in [4.78, 5) is 33.7. The van der Waals surface area contributed by atoms with E-state index < -0.39 is 6.04 Å². The van der Waals surface area contributed by atoms with Gasteiger partial charge in [-0.25, -0.2) is 4.39 Å². The van der Waals surface area contributed by atoms with Gasteiger partial charge in [-0.05, 0) is 35.4 Å². The van der Waals surface area contributed by atoms with E-state index in [1.165, 1.54) is 12.1 Å². The minimum atomic E-state index is -0.605. The highest BCUT2D eigenvalue weighted by Crippen LogP contribution is 2.27. The molecule has 1 N–H and O–H groups in total. The maximum Gasteiger partial charge on any atom is 0.237 e. The molecule has 2 amide bonds. The topological polar surface area (TPSA) is 74.8 Å². The van der Waals surface area contributed by atoms with Gasteiger partial charge in [0.2, 0.25) is 11.8 Å². The number of rotatable bonds is 7. The summed E-state index contributed by atoms with van der Waals surface area (Å²) in [6.07, 6.45) is 1.75. The van der Waals surface area contributed by atoms with Crippen molar-refractivity contribution in [2.24, 2.45) is 0 Å². The average Bonchev–Trinajstić information content (AvgIpc) is 2.81. The normalized spacial score (nSPS) is 16.5. The summed E-state index contributed by atoms with van der Waals surface area (Å²) in [6.45, 7) is 1.88. The van der Waals surface area contributed by atoms with Crippen LogP contribution in [0.15, 0.2) is 54.7 Å². The van der Waals surface area contributed by atoms with Gasteiger partial charge >= 0.3 is 0 Å². The minimum Gasteiger partial charge on any atom is -0.494 e. The fourth-order valence-electron chi connectivity index (χ4n) is 4.22. The van der Waals surface area contributed by atoms with E-state index in [9.17, 15) is 14.0 Å². The van der Waals surface area contributed by atoms with Crippen molar-refractivity contribution in [3.05, 3.63) is 71.7 Å². The molecule has 0 radical (unpaired) electrons. The molecular weight excluding hydrogens is 423 g/mol. The Balaban J connectivity index is 1.48. The number of halogens is 1. The average molecular weight is 451 g/mol. The van der Waals surface area contributed by atoms with Crippen molar-refractivity contribution >= 4 is 22.7 Å². The van der Waals surface area contributed by atoms with Gasteiger partial charge in [-0.1, -0.05) is 24.3 Å². The lowest BCUT2D eigenvalue weighted by molar-refractivity contribution is -0.138. The summed E-state index contributed by atoms with van der Waals surface area (Å²) in [5.74, 6) is 0.0328. The van der Waals surface area contributed by atoms with Gasteiger partial charge in [0.05, 0.1) is 19.6 Å². The number of aromatic nitrogens is 1. The third kappa shape index (κ3) is 5.12. The van der Waals surface area contributed by atoms with Crippen LogP contribution >= 0.6 is 0 Å². The number of ether oxygens (including phenoxy) is 1. The number of fused-ring (bicyclic) bond motifs is 1. The molecule has 3 aromatic rings. The standard InChI is InChI=1S/C25H27FN4O3/c1-29(16-18-8-9-22(33-2)24-20(18)7-4-10-27-24)23(31)14-21-25(32)28-11-12-30(21)15-17-5-3-6-19(26)13-17/h3-10,13,21H,11-12,14-16H2,1-2H3,(H,28,32)/t21-/m0/s1. The second kappa shape index (κ2) is 9.95. The van der Waals surface area contributed by atoms with Crippen LogP contribution in [-0.2, 0) is 22.7 Å². The fourth-order valence-corrected chi connectivity index (χ4v) is 4.22. The first-order valence-corrected chi connectivity index (χ1v) is 10.9. The Morgan fingerprint density at radius 3 is 2.91 bits per heavy atom. The second-order valence-electron chi connectivity index (χ2n) is 8.19. The zero-order valence-electron chi connectivity index (χ0n) is 18.8. The number of nitrogens with one attached hydrogen (secondary N) is 1. The summed E-state index contributed by atoms with van der Waals surface area (Å²) in [6, 6.07) is 13.3. The smallest absolute Gasteiger partial charge is 0.237 e. The number of carbonyl (C=O) groups excluding carboxylic acids is 2. The zero-order chi connectivity index (χ0) is 23.4. The molecule has 1 fully saturated rings. The summed E-state index contributed by atoms with van der Waals surface area (Å²) >= 11 is 0. The lowest BCUT2D eigenvalue weighted by Gasteiger charge is -2.35. The molecule has 0 saturated carbocycles. The highest BCUT2D eigenvalue weighted by molar-refractivity contribution is 5.90. The SMILES string of the molecule is COc1ccc(CN(C)C(=O)C[C@H]2C(=O)NCCN2Cc2cccc(F)c2)c2cccnc12. The summed E-state index contributed by atoms with van der Waals surface area (Å²) in [5, 5.41) is 3.76. The second-order valence-corrected chi connectivity index (χ2v) is 8.19. The number of hydrogen-bond acceptors (Lipinski definition) is 5. The number of methoxy groups -OCH3 is 1. The Labute approximate surface area is 192 Å². The van der Waals surface area contributed by atoms with Gasteiger partial charge in [-0.2, -0.15) is 0 Å². The van der Waals surface area contributed by atoms with Gasteiger partial charge in [0.15, 0.2) is 0 Å². The van der Waals surface area contributed by atoms with Crippen molar-refractivity contribution < 1.29 is 18.7 Å². The van der Waals surface area contributed by atoms with E-state index in [-0.39, 0.29) is 24.1 Å². The van der Waals surface area contributed by atoms with Gasteiger partial charge in [0.1, 0.15) is 17.1 Å². The van der Waals surface area contributed by atoms with Crippen LogP contribution in [0.5, 0.6) is 5.75 Å². The Kier molecular flexibility index (Phi) is 6.84. The molecule has 8 heteroatoms. The Bertz CT molecular complexity index is 1170. The van der Waals surface area contributed by atoms with Crippen molar-refractivity contribution in [3.63, 3.8) is 0 Å². The number of pyridine rings is 1. The van der Waals surface area contributed by atoms with E-state index in [1.807, 2.05) is 35.2 Å². The van der Waals surface area contributed by atoms with Crippen molar-refractivity contribution in [2.45, 2.75) is 25.6 Å². The van der Waals surface area contributed by atoms with Crippen LogP contribution in [0.3, 0.4) is 0 Å². The van der Waals surface area contributed by atoms with E-state index >= 15 is 0 Å².